The highest BCUT2D eigenvalue weighted by molar-refractivity contribution is 5.95. The van der Waals surface area contributed by atoms with Gasteiger partial charge >= 0.3 is 18.0 Å². The van der Waals surface area contributed by atoms with Crippen LogP contribution in [-0.4, -0.2) is 84.6 Å². The number of benzene rings is 1. The zero-order chi connectivity index (χ0) is 24.0. The van der Waals surface area contributed by atoms with Crippen molar-refractivity contribution < 1.29 is 19.1 Å². The maximum atomic E-state index is 13.1. The van der Waals surface area contributed by atoms with E-state index in [2.05, 4.69) is 15.5 Å². The third-order valence-corrected chi connectivity index (χ3v) is 6.06. The van der Waals surface area contributed by atoms with Crippen LogP contribution in [0.3, 0.4) is 0 Å². The van der Waals surface area contributed by atoms with Gasteiger partial charge in [0.1, 0.15) is 0 Å². The first kappa shape index (κ1) is 24.6. The number of amides is 4. The van der Waals surface area contributed by atoms with Gasteiger partial charge in [-0.05, 0) is 33.3 Å². The van der Waals surface area contributed by atoms with Crippen LogP contribution in [0.25, 0.3) is 0 Å². The number of urea groups is 2. The molecule has 180 valence electrons. The van der Waals surface area contributed by atoms with Gasteiger partial charge in [-0.1, -0.05) is 30.3 Å². The van der Waals surface area contributed by atoms with Crippen LogP contribution in [0.4, 0.5) is 9.59 Å². The fraction of sp³-hybridized carbons (Fsp3) is 0.542. The van der Waals surface area contributed by atoms with Crippen LogP contribution < -0.4 is 10.6 Å². The highest BCUT2D eigenvalue weighted by atomic mass is 16.5. The molecule has 33 heavy (non-hydrogen) atoms. The van der Waals surface area contributed by atoms with Gasteiger partial charge in [-0.3, -0.25) is 9.80 Å². The van der Waals surface area contributed by atoms with Gasteiger partial charge in [0.05, 0.1) is 18.2 Å². The van der Waals surface area contributed by atoms with Crippen molar-refractivity contribution in [2.75, 3.05) is 45.9 Å². The molecular weight excluding hydrogens is 422 g/mol. The van der Waals surface area contributed by atoms with Crippen molar-refractivity contribution in [3.63, 3.8) is 0 Å². The fourth-order valence-electron chi connectivity index (χ4n) is 4.50. The third-order valence-electron chi connectivity index (χ3n) is 6.06. The summed E-state index contributed by atoms with van der Waals surface area (Å²) >= 11 is 0. The summed E-state index contributed by atoms with van der Waals surface area (Å²) in [7, 11) is 0. The number of esters is 1. The molecule has 2 atom stereocenters. The average molecular weight is 458 g/mol. The van der Waals surface area contributed by atoms with Crippen molar-refractivity contribution in [1.82, 2.24) is 25.3 Å². The third kappa shape index (κ3) is 5.47. The van der Waals surface area contributed by atoms with Crippen molar-refractivity contribution in [1.29, 1.82) is 0 Å². The van der Waals surface area contributed by atoms with Crippen molar-refractivity contribution >= 4 is 18.0 Å². The zero-order valence-electron chi connectivity index (χ0n) is 20.0. The normalized spacial score (nSPS) is 21.6. The predicted molar refractivity (Wildman–Crippen MR) is 125 cm³/mol. The van der Waals surface area contributed by atoms with Crippen molar-refractivity contribution in [3.8, 4) is 0 Å². The Balaban J connectivity index is 1.94. The van der Waals surface area contributed by atoms with Crippen molar-refractivity contribution in [2.24, 2.45) is 0 Å². The molecule has 2 heterocycles. The van der Waals surface area contributed by atoms with Crippen LogP contribution in [0, 0.1) is 0 Å². The SMILES string of the molecule is CCNC(=O)N1CCN(CC2=C(C(=O)OCC)[C@H](c3ccccc3)NC(=O)N2CC)C[C@H]1C. The first-order valence-corrected chi connectivity index (χ1v) is 11.7. The maximum absolute atomic E-state index is 13.1. The molecule has 0 aromatic heterocycles. The number of hydrogen-bond donors (Lipinski definition) is 2. The lowest BCUT2D eigenvalue weighted by molar-refractivity contribution is -0.139. The van der Waals surface area contributed by atoms with E-state index in [1.165, 1.54) is 0 Å². The molecule has 2 N–H and O–H groups in total. The van der Waals surface area contributed by atoms with Gasteiger partial charge in [-0.25, -0.2) is 14.4 Å². The minimum absolute atomic E-state index is 0.00866. The van der Waals surface area contributed by atoms with Crippen LogP contribution in [0.1, 0.15) is 39.3 Å². The Morgan fingerprint density at radius 3 is 2.48 bits per heavy atom. The second kappa shape index (κ2) is 11.2. The number of hydrogen-bond acceptors (Lipinski definition) is 5. The molecule has 2 aliphatic heterocycles. The molecule has 0 radical (unpaired) electrons. The molecule has 4 amide bonds. The van der Waals surface area contributed by atoms with Gasteiger partial charge < -0.3 is 20.3 Å². The van der Waals surface area contributed by atoms with Crippen LogP contribution in [0.5, 0.6) is 0 Å². The Morgan fingerprint density at radius 2 is 1.88 bits per heavy atom. The van der Waals surface area contributed by atoms with E-state index in [1.807, 2.05) is 56.0 Å². The first-order chi connectivity index (χ1) is 15.9. The number of rotatable bonds is 7. The van der Waals surface area contributed by atoms with E-state index >= 15 is 0 Å². The number of piperazine rings is 1. The molecule has 1 aromatic carbocycles. The highest BCUT2D eigenvalue weighted by Gasteiger charge is 2.39. The standard InChI is InChI=1S/C24H35N5O4/c1-5-25-23(31)29-14-13-27(15-17(29)4)16-19-20(22(30)33-7-3)21(18-11-9-8-10-12-18)26-24(32)28(19)6-2/h8-12,17,21H,5-7,13-16H2,1-4H3,(H,25,31)(H,26,32)/t17-,21+/m1/s1. The van der Waals surface area contributed by atoms with Crippen LogP contribution >= 0.6 is 0 Å². The summed E-state index contributed by atoms with van der Waals surface area (Å²) in [6.45, 7) is 11.1. The number of likely N-dealkylation sites (N-methyl/N-ethyl adjacent to an activating group) is 1. The lowest BCUT2D eigenvalue weighted by atomic mass is 9.94. The van der Waals surface area contributed by atoms with Crippen LogP contribution in [0.15, 0.2) is 41.6 Å². The summed E-state index contributed by atoms with van der Waals surface area (Å²) in [6.07, 6.45) is 0. The summed E-state index contributed by atoms with van der Waals surface area (Å²) in [6, 6.07) is 8.61. The van der Waals surface area contributed by atoms with E-state index in [0.717, 1.165) is 5.56 Å². The summed E-state index contributed by atoms with van der Waals surface area (Å²) < 4.78 is 5.42. The quantitative estimate of drug-likeness (QED) is 0.613. The molecule has 0 spiro atoms. The highest BCUT2D eigenvalue weighted by Crippen LogP contribution is 2.32. The molecule has 9 heteroatoms. The van der Waals surface area contributed by atoms with E-state index in [4.69, 9.17) is 4.74 Å². The molecule has 0 bridgehead atoms. The van der Waals surface area contributed by atoms with E-state index in [0.29, 0.717) is 50.5 Å². The smallest absolute Gasteiger partial charge is 0.338 e. The minimum atomic E-state index is -0.579. The summed E-state index contributed by atoms with van der Waals surface area (Å²) in [4.78, 5) is 44.1. The number of carbonyl (C=O) groups is 3. The second-order valence-electron chi connectivity index (χ2n) is 8.23. The van der Waals surface area contributed by atoms with Crippen molar-refractivity contribution in [3.05, 3.63) is 47.2 Å². The molecule has 1 aromatic rings. The summed E-state index contributed by atoms with van der Waals surface area (Å²) in [5, 5.41) is 5.84. The maximum Gasteiger partial charge on any atom is 0.338 e. The lowest BCUT2D eigenvalue weighted by Gasteiger charge is -2.42. The first-order valence-electron chi connectivity index (χ1n) is 11.7. The average Bonchev–Trinajstić information content (AvgIpc) is 2.79. The number of nitrogens with one attached hydrogen (secondary N) is 2. The van der Waals surface area contributed by atoms with E-state index < -0.39 is 12.0 Å². The molecule has 1 saturated heterocycles. The van der Waals surface area contributed by atoms with Crippen molar-refractivity contribution in [2.45, 2.75) is 39.8 Å². The van der Waals surface area contributed by atoms with E-state index in [9.17, 15) is 14.4 Å². The van der Waals surface area contributed by atoms with Crippen LogP contribution in [-0.2, 0) is 9.53 Å². The van der Waals surface area contributed by atoms with Crippen LogP contribution in [0.2, 0.25) is 0 Å². The Kier molecular flexibility index (Phi) is 8.32. The number of carbonyl (C=O) groups excluding carboxylic acids is 3. The zero-order valence-corrected chi connectivity index (χ0v) is 20.0. The second-order valence-corrected chi connectivity index (χ2v) is 8.23. The molecule has 0 saturated carbocycles. The predicted octanol–water partition coefficient (Wildman–Crippen LogP) is 2.33. The summed E-state index contributed by atoms with van der Waals surface area (Å²) in [5.74, 6) is -0.422. The van der Waals surface area contributed by atoms with Gasteiger partial charge in [-0.15, -0.1) is 0 Å². The molecule has 0 aliphatic carbocycles. The van der Waals surface area contributed by atoms with Gasteiger partial charge in [-0.2, -0.15) is 0 Å². The minimum Gasteiger partial charge on any atom is -0.463 e. The molecule has 1 fully saturated rings. The Labute approximate surface area is 195 Å². The Bertz CT molecular complexity index is 888. The van der Waals surface area contributed by atoms with Gasteiger partial charge in [0.15, 0.2) is 0 Å². The van der Waals surface area contributed by atoms with E-state index in [-0.39, 0.29) is 24.7 Å². The van der Waals surface area contributed by atoms with Gasteiger partial charge in [0, 0.05) is 51.0 Å². The lowest BCUT2D eigenvalue weighted by Crippen LogP contribution is -2.58. The molecule has 0 unspecified atom stereocenters. The number of nitrogens with zero attached hydrogens (tertiary/aromatic N) is 3. The Hall–Kier alpha value is -3.07. The fourth-order valence-corrected chi connectivity index (χ4v) is 4.50. The molecule has 3 rings (SSSR count). The number of ether oxygens (including phenoxy) is 1. The topological polar surface area (TPSA) is 94.2 Å². The molecule has 9 nitrogen and oxygen atoms in total. The monoisotopic (exact) mass is 457 g/mol. The summed E-state index contributed by atoms with van der Waals surface area (Å²) in [5.41, 5.74) is 1.95. The largest absolute Gasteiger partial charge is 0.463 e. The molecule has 2 aliphatic rings. The molecular formula is C24H35N5O4. The van der Waals surface area contributed by atoms with E-state index in [1.54, 1.807) is 11.8 Å². The Morgan fingerprint density at radius 1 is 1.15 bits per heavy atom. The van der Waals surface area contributed by atoms with Gasteiger partial charge in [0.2, 0.25) is 0 Å². The van der Waals surface area contributed by atoms with Gasteiger partial charge in [0.25, 0.3) is 0 Å².